The molecule has 1 heterocycles. The number of hydrogen-bond acceptors (Lipinski definition) is 2. The highest BCUT2D eigenvalue weighted by atomic mass is 16.2. The van der Waals surface area contributed by atoms with Crippen LogP contribution in [0.5, 0.6) is 0 Å². The zero-order valence-electron chi connectivity index (χ0n) is 10.2. The van der Waals surface area contributed by atoms with Gasteiger partial charge < -0.3 is 10.2 Å². The number of nitrogens with one attached hydrogen (secondary N) is 1. The number of rotatable bonds is 5. The van der Waals surface area contributed by atoms with Crippen LogP contribution in [0, 0.1) is 0 Å². The summed E-state index contributed by atoms with van der Waals surface area (Å²) in [6, 6.07) is 0. The molecule has 1 aliphatic heterocycles. The summed E-state index contributed by atoms with van der Waals surface area (Å²) in [6.45, 7) is 11.5. The minimum Gasteiger partial charge on any atom is -0.334 e. The van der Waals surface area contributed by atoms with Gasteiger partial charge in [0.25, 0.3) is 0 Å². The molecule has 1 N–H and O–H groups in total. The lowest BCUT2D eigenvalue weighted by Gasteiger charge is -2.37. The monoisotopic (exact) mass is 222 g/mol. The first kappa shape index (κ1) is 13.0. The zero-order valence-corrected chi connectivity index (χ0v) is 10.2. The van der Waals surface area contributed by atoms with Gasteiger partial charge in [0.2, 0.25) is 5.91 Å². The highest BCUT2D eigenvalue weighted by Crippen LogP contribution is 2.21. The van der Waals surface area contributed by atoms with E-state index in [0.717, 1.165) is 25.8 Å². The van der Waals surface area contributed by atoms with Crippen molar-refractivity contribution in [2.75, 3.05) is 19.6 Å². The summed E-state index contributed by atoms with van der Waals surface area (Å²) in [5.41, 5.74) is -0.399. The van der Waals surface area contributed by atoms with Gasteiger partial charge in [-0.05, 0) is 32.7 Å². The molecule has 1 saturated heterocycles. The number of hydrogen-bond donors (Lipinski definition) is 1. The molecular formula is C13H22N2O. The molecular weight excluding hydrogens is 200 g/mol. The maximum absolute atomic E-state index is 12.4. The average molecular weight is 222 g/mol. The maximum Gasteiger partial charge on any atom is 0.243 e. The average Bonchev–Trinajstić information content (AvgIpc) is 2.29. The van der Waals surface area contributed by atoms with Crippen molar-refractivity contribution in [2.24, 2.45) is 0 Å². The van der Waals surface area contributed by atoms with Gasteiger partial charge in [-0.2, -0.15) is 0 Å². The lowest BCUT2D eigenvalue weighted by atomic mass is 9.89. The Balaban J connectivity index is 2.70. The molecule has 1 aliphatic rings. The number of amides is 1. The second-order valence-electron chi connectivity index (χ2n) is 4.50. The van der Waals surface area contributed by atoms with Crippen LogP contribution in [-0.2, 0) is 4.79 Å². The SMILES string of the molecule is C=CCN(CC=C)C(=O)C1(C)CCCCN1. The van der Waals surface area contributed by atoms with Gasteiger partial charge in [-0.3, -0.25) is 4.79 Å². The predicted octanol–water partition coefficient (Wildman–Crippen LogP) is 1.72. The lowest BCUT2D eigenvalue weighted by molar-refractivity contribution is -0.137. The zero-order chi connectivity index (χ0) is 12.0. The van der Waals surface area contributed by atoms with E-state index in [9.17, 15) is 4.79 Å². The molecule has 90 valence electrons. The Kier molecular flexibility index (Phi) is 4.74. The minimum atomic E-state index is -0.399. The van der Waals surface area contributed by atoms with Crippen molar-refractivity contribution in [3.63, 3.8) is 0 Å². The largest absolute Gasteiger partial charge is 0.334 e. The predicted molar refractivity (Wildman–Crippen MR) is 67.2 cm³/mol. The van der Waals surface area contributed by atoms with E-state index in [0.29, 0.717) is 13.1 Å². The summed E-state index contributed by atoms with van der Waals surface area (Å²) >= 11 is 0. The Morgan fingerprint density at radius 1 is 1.38 bits per heavy atom. The third-order valence-corrected chi connectivity index (χ3v) is 3.08. The van der Waals surface area contributed by atoms with Crippen LogP contribution in [0.25, 0.3) is 0 Å². The first-order chi connectivity index (χ1) is 7.64. The molecule has 1 rings (SSSR count). The molecule has 16 heavy (non-hydrogen) atoms. The van der Waals surface area contributed by atoms with Crippen LogP contribution in [-0.4, -0.2) is 36.0 Å². The molecule has 0 aliphatic carbocycles. The molecule has 1 fully saturated rings. The van der Waals surface area contributed by atoms with Crippen molar-refractivity contribution in [3.05, 3.63) is 25.3 Å². The number of piperidine rings is 1. The van der Waals surface area contributed by atoms with E-state index in [1.807, 2.05) is 6.92 Å². The van der Waals surface area contributed by atoms with Gasteiger partial charge in [-0.15, -0.1) is 13.2 Å². The lowest BCUT2D eigenvalue weighted by Crippen LogP contribution is -2.58. The van der Waals surface area contributed by atoms with E-state index in [-0.39, 0.29) is 5.91 Å². The number of carbonyl (C=O) groups excluding carboxylic acids is 1. The molecule has 0 bridgehead atoms. The van der Waals surface area contributed by atoms with E-state index in [1.54, 1.807) is 17.1 Å². The summed E-state index contributed by atoms with van der Waals surface area (Å²) in [5, 5.41) is 3.33. The van der Waals surface area contributed by atoms with E-state index in [1.165, 1.54) is 0 Å². The number of carbonyl (C=O) groups is 1. The molecule has 1 amide bonds. The van der Waals surface area contributed by atoms with Crippen LogP contribution in [0.15, 0.2) is 25.3 Å². The van der Waals surface area contributed by atoms with Crippen LogP contribution in [0.2, 0.25) is 0 Å². The van der Waals surface area contributed by atoms with Gasteiger partial charge in [0, 0.05) is 13.1 Å². The first-order valence-electron chi connectivity index (χ1n) is 5.90. The van der Waals surface area contributed by atoms with Crippen LogP contribution in [0.1, 0.15) is 26.2 Å². The van der Waals surface area contributed by atoms with Crippen LogP contribution >= 0.6 is 0 Å². The van der Waals surface area contributed by atoms with Crippen LogP contribution < -0.4 is 5.32 Å². The van der Waals surface area contributed by atoms with E-state index in [2.05, 4.69) is 18.5 Å². The Morgan fingerprint density at radius 3 is 2.44 bits per heavy atom. The fourth-order valence-electron chi connectivity index (χ4n) is 2.14. The highest BCUT2D eigenvalue weighted by molar-refractivity contribution is 5.86. The molecule has 0 radical (unpaired) electrons. The standard InChI is InChI=1S/C13H22N2O/c1-4-10-15(11-5-2)12(16)13(3)8-6-7-9-14-13/h4-5,14H,1-2,6-11H2,3H3. The van der Waals surface area contributed by atoms with Crippen molar-refractivity contribution >= 4 is 5.91 Å². The van der Waals surface area contributed by atoms with Crippen LogP contribution in [0.3, 0.4) is 0 Å². The molecule has 1 atom stereocenters. The summed E-state index contributed by atoms with van der Waals surface area (Å²) in [6.07, 6.45) is 6.70. The molecule has 0 aromatic heterocycles. The van der Waals surface area contributed by atoms with Crippen molar-refractivity contribution in [1.82, 2.24) is 10.2 Å². The van der Waals surface area contributed by atoms with Crippen molar-refractivity contribution in [3.8, 4) is 0 Å². The van der Waals surface area contributed by atoms with Crippen LogP contribution in [0.4, 0.5) is 0 Å². The van der Waals surface area contributed by atoms with Crippen molar-refractivity contribution in [2.45, 2.75) is 31.7 Å². The molecule has 0 spiro atoms. The second kappa shape index (κ2) is 5.85. The third kappa shape index (κ3) is 2.95. The quantitative estimate of drug-likeness (QED) is 0.718. The molecule has 1 unspecified atom stereocenters. The van der Waals surface area contributed by atoms with E-state index < -0.39 is 5.54 Å². The normalized spacial score (nSPS) is 24.8. The Bertz CT molecular complexity index is 257. The van der Waals surface area contributed by atoms with E-state index >= 15 is 0 Å². The Morgan fingerprint density at radius 2 is 2.00 bits per heavy atom. The summed E-state index contributed by atoms with van der Waals surface area (Å²) in [5.74, 6) is 0.159. The highest BCUT2D eigenvalue weighted by Gasteiger charge is 2.36. The van der Waals surface area contributed by atoms with Gasteiger partial charge in [-0.1, -0.05) is 12.2 Å². The third-order valence-electron chi connectivity index (χ3n) is 3.08. The molecule has 0 saturated carbocycles. The minimum absolute atomic E-state index is 0.159. The fourth-order valence-corrected chi connectivity index (χ4v) is 2.14. The van der Waals surface area contributed by atoms with Gasteiger partial charge >= 0.3 is 0 Å². The van der Waals surface area contributed by atoms with Gasteiger partial charge in [0.15, 0.2) is 0 Å². The summed E-state index contributed by atoms with van der Waals surface area (Å²) < 4.78 is 0. The molecule has 0 aromatic carbocycles. The summed E-state index contributed by atoms with van der Waals surface area (Å²) in [4.78, 5) is 14.2. The maximum atomic E-state index is 12.4. The van der Waals surface area contributed by atoms with E-state index in [4.69, 9.17) is 0 Å². The Labute approximate surface area is 98.2 Å². The van der Waals surface area contributed by atoms with Gasteiger partial charge in [-0.25, -0.2) is 0 Å². The molecule has 3 nitrogen and oxygen atoms in total. The topological polar surface area (TPSA) is 32.3 Å². The van der Waals surface area contributed by atoms with Gasteiger partial charge in [0.1, 0.15) is 0 Å². The summed E-state index contributed by atoms with van der Waals surface area (Å²) in [7, 11) is 0. The fraction of sp³-hybridized carbons (Fsp3) is 0.615. The van der Waals surface area contributed by atoms with Crippen molar-refractivity contribution in [1.29, 1.82) is 0 Å². The Hall–Kier alpha value is -1.09. The molecule has 0 aromatic rings. The first-order valence-corrected chi connectivity index (χ1v) is 5.90. The van der Waals surface area contributed by atoms with Crippen molar-refractivity contribution < 1.29 is 4.79 Å². The smallest absolute Gasteiger partial charge is 0.243 e. The van der Waals surface area contributed by atoms with Gasteiger partial charge in [0.05, 0.1) is 5.54 Å². The molecule has 3 heteroatoms. The number of nitrogens with zero attached hydrogens (tertiary/aromatic N) is 1. The second-order valence-corrected chi connectivity index (χ2v) is 4.50.